The zero-order chi connectivity index (χ0) is 15.6. The fourth-order valence-corrected chi connectivity index (χ4v) is 2.02. The van der Waals surface area contributed by atoms with Gasteiger partial charge in [-0.2, -0.15) is 0 Å². The lowest BCUT2D eigenvalue weighted by molar-refractivity contribution is -0.139. The lowest BCUT2D eigenvalue weighted by Gasteiger charge is -2.12. The first kappa shape index (κ1) is 15.0. The number of aryl methyl sites for hydroxylation is 1. The van der Waals surface area contributed by atoms with Crippen LogP contribution >= 0.6 is 0 Å². The average molecular weight is 295 g/mol. The van der Waals surface area contributed by atoms with Crippen molar-refractivity contribution in [3.8, 4) is 0 Å². The number of hydrogen-bond acceptors (Lipinski definition) is 4. The Labute approximate surface area is 119 Å². The number of furan rings is 1. The van der Waals surface area contributed by atoms with Crippen molar-refractivity contribution in [2.75, 3.05) is 6.61 Å². The summed E-state index contributed by atoms with van der Waals surface area (Å²) in [5.41, 5.74) is 0.767. The summed E-state index contributed by atoms with van der Waals surface area (Å²) >= 11 is 0. The van der Waals surface area contributed by atoms with E-state index in [1.54, 1.807) is 6.92 Å². The molecule has 1 amide bonds. The normalized spacial score (nSPS) is 12.3. The molecule has 21 heavy (non-hydrogen) atoms. The molecule has 0 bridgehead atoms. The van der Waals surface area contributed by atoms with Gasteiger partial charge in [-0.3, -0.25) is 4.79 Å². The van der Waals surface area contributed by atoms with E-state index in [-0.39, 0.29) is 18.8 Å². The highest BCUT2D eigenvalue weighted by atomic mass is 19.1. The molecule has 0 aliphatic carbocycles. The van der Waals surface area contributed by atoms with E-state index in [4.69, 9.17) is 14.6 Å². The number of aliphatic hydroxyl groups excluding tert-OH is 1. The van der Waals surface area contributed by atoms with Gasteiger partial charge in [0.1, 0.15) is 17.4 Å². The molecular formula is C14H14FNO5. The van der Waals surface area contributed by atoms with Gasteiger partial charge in [-0.15, -0.1) is 0 Å². The number of carbonyl (C=O) groups excluding carboxylic acids is 1. The minimum Gasteiger partial charge on any atom is -0.480 e. The van der Waals surface area contributed by atoms with Crippen LogP contribution in [0.1, 0.15) is 22.5 Å². The molecule has 2 rings (SSSR count). The van der Waals surface area contributed by atoms with Crippen LogP contribution in [0.4, 0.5) is 4.39 Å². The van der Waals surface area contributed by atoms with Gasteiger partial charge in [0.05, 0.1) is 0 Å². The van der Waals surface area contributed by atoms with Gasteiger partial charge in [-0.25, -0.2) is 9.18 Å². The number of carbonyl (C=O) groups is 2. The Bertz CT molecular complexity index is 694. The fourth-order valence-electron chi connectivity index (χ4n) is 2.02. The number of aliphatic hydroxyl groups is 1. The summed E-state index contributed by atoms with van der Waals surface area (Å²) in [6.07, 6.45) is -0.116. The van der Waals surface area contributed by atoms with Crippen LogP contribution in [0.25, 0.3) is 11.0 Å². The topological polar surface area (TPSA) is 99.8 Å². The van der Waals surface area contributed by atoms with Crippen LogP contribution in [0, 0.1) is 12.7 Å². The molecule has 3 N–H and O–H groups in total. The standard InChI is InChI=1S/C14H14FNO5/c1-7-9-6-8(15)2-3-11(9)21-12(7)13(18)16-10(4-5-17)14(19)20/h2-3,6,10,17H,4-5H2,1H3,(H,16,18)(H,19,20)/t10-/m0/s1. The number of carboxylic acid groups (broad SMARTS) is 1. The summed E-state index contributed by atoms with van der Waals surface area (Å²) in [5.74, 6) is -2.50. The van der Waals surface area contributed by atoms with Gasteiger partial charge < -0.3 is 19.9 Å². The minimum absolute atomic E-state index is 0.0696. The first-order chi connectivity index (χ1) is 9.93. The summed E-state index contributed by atoms with van der Waals surface area (Å²) < 4.78 is 18.5. The van der Waals surface area contributed by atoms with Gasteiger partial charge >= 0.3 is 5.97 Å². The van der Waals surface area contributed by atoms with E-state index in [9.17, 15) is 14.0 Å². The molecule has 0 saturated carbocycles. The summed E-state index contributed by atoms with van der Waals surface area (Å²) in [6.45, 7) is 1.21. The molecular weight excluding hydrogens is 281 g/mol. The summed E-state index contributed by atoms with van der Waals surface area (Å²) in [7, 11) is 0. The summed E-state index contributed by atoms with van der Waals surface area (Å²) in [5, 5.41) is 20.4. The smallest absolute Gasteiger partial charge is 0.326 e. The van der Waals surface area contributed by atoms with Crippen molar-refractivity contribution >= 4 is 22.8 Å². The van der Waals surface area contributed by atoms with Gasteiger partial charge in [0.25, 0.3) is 5.91 Å². The highest BCUT2D eigenvalue weighted by Gasteiger charge is 2.24. The average Bonchev–Trinajstić information content (AvgIpc) is 2.75. The van der Waals surface area contributed by atoms with Gasteiger partial charge in [0, 0.05) is 24.0 Å². The Balaban J connectivity index is 2.31. The zero-order valence-corrected chi connectivity index (χ0v) is 11.2. The molecule has 0 aliphatic rings. The van der Waals surface area contributed by atoms with Crippen LogP contribution in [-0.2, 0) is 4.79 Å². The summed E-state index contributed by atoms with van der Waals surface area (Å²) in [4.78, 5) is 23.0. The number of rotatable bonds is 5. The van der Waals surface area contributed by atoms with E-state index >= 15 is 0 Å². The third-order valence-corrected chi connectivity index (χ3v) is 3.13. The van der Waals surface area contributed by atoms with E-state index in [0.717, 1.165) is 0 Å². The van der Waals surface area contributed by atoms with Crippen LogP contribution in [0.3, 0.4) is 0 Å². The minimum atomic E-state index is -1.25. The Hall–Kier alpha value is -2.41. The fraction of sp³-hybridized carbons (Fsp3) is 0.286. The maximum atomic E-state index is 13.2. The van der Waals surface area contributed by atoms with Crippen LogP contribution in [0.2, 0.25) is 0 Å². The third-order valence-electron chi connectivity index (χ3n) is 3.13. The lowest BCUT2D eigenvalue weighted by atomic mass is 10.1. The molecule has 1 aromatic heterocycles. The molecule has 2 aromatic rings. The van der Waals surface area contributed by atoms with Crippen LogP contribution in [0.15, 0.2) is 22.6 Å². The van der Waals surface area contributed by atoms with E-state index in [1.165, 1.54) is 18.2 Å². The summed E-state index contributed by atoms with van der Waals surface area (Å²) in [6, 6.07) is 2.63. The van der Waals surface area contributed by atoms with Gasteiger partial charge in [0.15, 0.2) is 5.76 Å². The van der Waals surface area contributed by atoms with Crippen molar-refractivity contribution in [2.24, 2.45) is 0 Å². The number of hydrogen-bond donors (Lipinski definition) is 3. The van der Waals surface area contributed by atoms with Crippen LogP contribution < -0.4 is 5.32 Å². The van der Waals surface area contributed by atoms with Gasteiger partial charge in [-0.1, -0.05) is 0 Å². The molecule has 0 aliphatic heterocycles. The predicted molar refractivity (Wildman–Crippen MR) is 71.5 cm³/mol. The second-order valence-electron chi connectivity index (χ2n) is 4.57. The number of nitrogens with one attached hydrogen (secondary N) is 1. The molecule has 1 aromatic carbocycles. The second-order valence-corrected chi connectivity index (χ2v) is 4.57. The molecule has 112 valence electrons. The van der Waals surface area contributed by atoms with Gasteiger partial charge in [0.2, 0.25) is 0 Å². The van der Waals surface area contributed by atoms with E-state index in [0.29, 0.717) is 16.5 Å². The maximum absolute atomic E-state index is 13.2. The van der Waals surface area contributed by atoms with Crippen LogP contribution in [-0.4, -0.2) is 34.7 Å². The SMILES string of the molecule is Cc1c(C(=O)N[C@@H](CCO)C(=O)O)oc2ccc(F)cc12. The number of carboxylic acids is 1. The molecule has 7 heteroatoms. The van der Waals surface area contributed by atoms with Crippen LogP contribution in [0.5, 0.6) is 0 Å². The predicted octanol–water partition coefficient (Wildman–Crippen LogP) is 1.45. The van der Waals surface area contributed by atoms with Crippen molar-refractivity contribution in [2.45, 2.75) is 19.4 Å². The maximum Gasteiger partial charge on any atom is 0.326 e. The number of amides is 1. The Morgan fingerprint density at radius 2 is 2.14 bits per heavy atom. The van der Waals surface area contributed by atoms with E-state index < -0.39 is 23.7 Å². The first-order valence-corrected chi connectivity index (χ1v) is 6.27. The first-order valence-electron chi connectivity index (χ1n) is 6.27. The molecule has 6 nitrogen and oxygen atoms in total. The molecule has 0 radical (unpaired) electrons. The zero-order valence-electron chi connectivity index (χ0n) is 11.2. The van der Waals surface area contributed by atoms with Crippen molar-refractivity contribution in [1.82, 2.24) is 5.32 Å². The number of fused-ring (bicyclic) bond motifs is 1. The molecule has 0 spiro atoms. The van der Waals surface area contributed by atoms with E-state index in [2.05, 4.69) is 5.32 Å². The Morgan fingerprint density at radius 3 is 2.76 bits per heavy atom. The highest BCUT2D eigenvalue weighted by Crippen LogP contribution is 2.26. The molecule has 0 unspecified atom stereocenters. The molecule has 0 saturated heterocycles. The van der Waals surface area contributed by atoms with Gasteiger partial charge in [-0.05, 0) is 25.1 Å². The largest absolute Gasteiger partial charge is 0.480 e. The van der Waals surface area contributed by atoms with Crippen molar-refractivity contribution in [3.63, 3.8) is 0 Å². The molecule has 0 fully saturated rings. The monoisotopic (exact) mass is 295 g/mol. The van der Waals surface area contributed by atoms with Crippen molar-refractivity contribution < 1.29 is 28.6 Å². The third kappa shape index (κ3) is 3.03. The quantitative estimate of drug-likeness (QED) is 0.775. The molecule has 1 atom stereocenters. The molecule has 1 heterocycles. The number of aliphatic carboxylic acids is 1. The number of benzene rings is 1. The second kappa shape index (κ2) is 5.92. The lowest BCUT2D eigenvalue weighted by Crippen LogP contribution is -2.41. The Morgan fingerprint density at radius 1 is 1.43 bits per heavy atom. The van der Waals surface area contributed by atoms with Crippen molar-refractivity contribution in [3.05, 3.63) is 35.3 Å². The highest BCUT2D eigenvalue weighted by molar-refractivity contribution is 6.00. The van der Waals surface area contributed by atoms with Crippen molar-refractivity contribution in [1.29, 1.82) is 0 Å². The number of halogens is 1. The van der Waals surface area contributed by atoms with E-state index in [1.807, 2.05) is 0 Å². The Kier molecular flexibility index (Phi) is 4.23.